The molecule has 1 aliphatic heterocycles. The van der Waals surface area contributed by atoms with Crippen molar-refractivity contribution in [1.29, 1.82) is 0 Å². The summed E-state index contributed by atoms with van der Waals surface area (Å²) in [4.78, 5) is 12.3. The fourth-order valence-electron chi connectivity index (χ4n) is 2.95. The average molecular weight is 400 g/mol. The number of methoxy groups -OCH3 is 1. The molecule has 7 heteroatoms. The lowest BCUT2D eigenvalue weighted by Gasteiger charge is -2.13. The quantitative estimate of drug-likeness (QED) is 0.564. The molecule has 0 bridgehead atoms. The van der Waals surface area contributed by atoms with Crippen molar-refractivity contribution in [2.45, 2.75) is 18.9 Å². The largest absolute Gasteiger partial charge is 0.491 e. The van der Waals surface area contributed by atoms with Crippen molar-refractivity contribution in [2.75, 3.05) is 50.7 Å². The van der Waals surface area contributed by atoms with Crippen molar-refractivity contribution in [3.63, 3.8) is 0 Å². The molecule has 0 spiro atoms. The summed E-state index contributed by atoms with van der Waals surface area (Å²) < 4.78 is 21.9. The summed E-state index contributed by atoms with van der Waals surface area (Å²) in [6.07, 6.45) is 2.27. The van der Waals surface area contributed by atoms with Gasteiger partial charge in [-0.25, -0.2) is 0 Å². The number of ether oxygens (including phenoxy) is 4. The molecule has 7 nitrogen and oxygen atoms in total. The first-order valence-electron chi connectivity index (χ1n) is 9.83. The molecule has 1 amide bonds. The Hall–Kier alpha value is -2.77. The predicted molar refractivity (Wildman–Crippen MR) is 112 cm³/mol. The summed E-state index contributed by atoms with van der Waals surface area (Å²) in [5.74, 6) is 1.29. The molecular formula is C22H28N2O5. The zero-order valence-electron chi connectivity index (χ0n) is 16.7. The number of benzene rings is 2. The number of amides is 1. The van der Waals surface area contributed by atoms with Crippen LogP contribution in [0.15, 0.2) is 48.5 Å². The topological polar surface area (TPSA) is 78.1 Å². The van der Waals surface area contributed by atoms with E-state index in [1.807, 2.05) is 48.5 Å². The molecule has 156 valence electrons. The molecule has 2 aromatic rings. The van der Waals surface area contributed by atoms with Crippen molar-refractivity contribution < 1.29 is 23.7 Å². The van der Waals surface area contributed by atoms with Crippen molar-refractivity contribution >= 4 is 17.3 Å². The second kappa shape index (κ2) is 11.3. The van der Waals surface area contributed by atoms with Crippen molar-refractivity contribution in [2.24, 2.45) is 0 Å². The van der Waals surface area contributed by atoms with E-state index in [2.05, 4.69) is 10.6 Å². The van der Waals surface area contributed by atoms with Gasteiger partial charge in [0.25, 0.3) is 0 Å². The molecular weight excluding hydrogens is 372 g/mol. The van der Waals surface area contributed by atoms with E-state index in [4.69, 9.17) is 18.9 Å². The fourth-order valence-corrected chi connectivity index (χ4v) is 2.95. The predicted octanol–water partition coefficient (Wildman–Crippen LogP) is 3.32. The molecule has 1 fully saturated rings. The van der Waals surface area contributed by atoms with Gasteiger partial charge in [0.1, 0.15) is 24.7 Å². The van der Waals surface area contributed by atoms with Crippen molar-refractivity contribution in [3.8, 4) is 11.5 Å². The molecule has 0 radical (unpaired) electrons. The lowest BCUT2D eigenvalue weighted by Crippen LogP contribution is -2.21. The van der Waals surface area contributed by atoms with Crippen molar-refractivity contribution in [3.05, 3.63) is 48.5 Å². The number of nitrogens with one attached hydrogen (secondary N) is 2. The lowest BCUT2D eigenvalue weighted by atomic mass is 10.2. The third kappa shape index (κ3) is 7.29. The van der Waals surface area contributed by atoms with E-state index in [0.717, 1.165) is 30.9 Å². The van der Waals surface area contributed by atoms with E-state index >= 15 is 0 Å². The number of anilines is 2. The maximum absolute atomic E-state index is 12.3. The summed E-state index contributed by atoms with van der Waals surface area (Å²) in [5, 5.41) is 5.98. The van der Waals surface area contributed by atoms with Crippen molar-refractivity contribution in [1.82, 2.24) is 0 Å². The Morgan fingerprint density at radius 1 is 1.07 bits per heavy atom. The molecule has 1 saturated heterocycles. The normalized spacial score (nSPS) is 15.7. The molecule has 1 atom stereocenters. The van der Waals surface area contributed by atoms with E-state index in [0.29, 0.717) is 31.3 Å². The van der Waals surface area contributed by atoms with Crippen LogP contribution in [0.2, 0.25) is 0 Å². The summed E-state index contributed by atoms with van der Waals surface area (Å²) >= 11 is 0. The summed E-state index contributed by atoms with van der Waals surface area (Å²) in [5.41, 5.74) is 1.50. The van der Waals surface area contributed by atoms with Gasteiger partial charge >= 0.3 is 0 Å². The molecule has 0 saturated carbocycles. The molecule has 0 aliphatic carbocycles. The summed E-state index contributed by atoms with van der Waals surface area (Å²) in [7, 11) is 1.63. The van der Waals surface area contributed by atoms with E-state index in [-0.39, 0.29) is 18.6 Å². The molecule has 1 heterocycles. The maximum Gasteiger partial charge on any atom is 0.243 e. The Morgan fingerprint density at radius 3 is 2.59 bits per heavy atom. The van der Waals surface area contributed by atoms with Crippen LogP contribution in [0.1, 0.15) is 12.8 Å². The lowest BCUT2D eigenvalue weighted by molar-refractivity contribution is -0.114. The standard InChI is InChI=1S/C22H28N2O5/c1-26-11-12-28-19-7-2-5-17(13-19)23-15-22(25)24-18-6-3-8-20(14-18)29-16-21-9-4-10-27-21/h2-3,5-8,13-14,21,23H,4,9-12,15-16H2,1H3,(H,24,25). The Kier molecular flexibility index (Phi) is 8.15. The highest BCUT2D eigenvalue weighted by molar-refractivity contribution is 5.93. The smallest absolute Gasteiger partial charge is 0.243 e. The number of carbonyl (C=O) groups is 1. The van der Waals surface area contributed by atoms with Gasteiger partial charge in [0.15, 0.2) is 0 Å². The minimum atomic E-state index is -0.146. The highest BCUT2D eigenvalue weighted by Gasteiger charge is 2.16. The summed E-state index contributed by atoms with van der Waals surface area (Å²) in [6.45, 7) is 2.48. The zero-order valence-corrected chi connectivity index (χ0v) is 16.7. The highest BCUT2D eigenvalue weighted by Crippen LogP contribution is 2.20. The van der Waals surface area contributed by atoms with Crippen LogP contribution < -0.4 is 20.1 Å². The first kappa shape index (κ1) is 21.0. The zero-order chi connectivity index (χ0) is 20.3. The molecule has 1 unspecified atom stereocenters. The fraction of sp³-hybridized carbons (Fsp3) is 0.409. The first-order chi connectivity index (χ1) is 14.2. The van der Waals surface area contributed by atoms with E-state index in [9.17, 15) is 4.79 Å². The average Bonchev–Trinajstić information content (AvgIpc) is 3.25. The molecule has 2 N–H and O–H groups in total. The molecule has 1 aliphatic rings. The third-order valence-corrected chi connectivity index (χ3v) is 4.42. The van der Waals surface area contributed by atoms with Gasteiger partial charge in [-0.3, -0.25) is 4.79 Å². The number of hydrogen-bond acceptors (Lipinski definition) is 6. The monoisotopic (exact) mass is 400 g/mol. The Balaban J connectivity index is 1.44. The van der Waals surface area contributed by atoms with Gasteiger partial charge < -0.3 is 29.6 Å². The Bertz CT molecular complexity index is 777. The van der Waals surface area contributed by atoms with Crippen LogP contribution >= 0.6 is 0 Å². The molecule has 0 aromatic heterocycles. The minimum absolute atomic E-state index is 0.141. The van der Waals surface area contributed by atoms with Crippen LogP contribution in [0.3, 0.4) is 0 Å². The van der Waals surface area contributed by atoms with Gasteiger partial charge in [0.2, 0.25) is 5.91 Å². The van der Waals surface area contributed by atoms with Crippen LogP contribution in [0.5, 0.6) is 11.5 Å². The first-order valence-corrected chi connectivity index (χ1v) is 9.83. The highest BCUT2D eigenvalue weighted by atomic mass is 16.5. The Labute approximate surface area is 171 Å². The second-order valence-corrected chi connectivity index (χ2v) is 6.74. The van der Waals surface area contributed by atoms with E-state index in [1.54, 1.807) is 7.11 Å². The van der Waals surface area contributed by atoms with Gasteiger partial charge in [-0.05, 0) is 37.1 Å². The summed E-state index contributed by atoms with van der Waals surface area (Å²) in [6, 6.07) is 14.9. The van der Waals surface area contributed by atoms with Crippen LogP contribution in [0.4, 0.5) is 11.4 Å². The Morgan fingerprint density at radius 2 is 1.83 bits per heavy atom. The number of carbonyl (C=O) groups excluding carboxylic acids is 1. The van der Waals surface area contributed by atoms with Crippen LogP contribution in [0.25, 0.3) is 0 Å². The number of hydrogen-bond donors (Lipinski definition) is 2. The van der Waals surface area contributed by atoms with Gasteiger partial charge in [-0.15, -0.1) is 0 Å². The minimum Gasteiger partial charge on any atom is -0.491 e. The van der Waals surface area contributed by atoms with E-state index in [1.165, 1.54) is 0 Å². The molecule has 2 aromatic carbocycles. The van der Waals surface area contributed by atoms with Gasteiger partial charge in [0, 0.05) is 37.2 Å². The third-order valence-electron chi connectivity index (χ3n) is 4.42. The van der Waals surface area contributed by atoms with Crippen LogP contribution in [-0.4, -0.2) is 52.1 Å². The SMILES string of the molecule is COCCOc1cccc(NCC(=O)Nc2cccc(OCC3CCCO3)c2)c1. The molecule has 29 heavy (non-hydrogen) atoms. The second-order valence-electron chi connectivity index (χ2n) is 6.74. The number of rotatable bonds is 11. The van der Waals surface area contributed by atoms with Gasteiger partial charge in [-0.2, -0.15) is 0 Å². The van der Waals surface area contributed by atoms with E-state index < -0.39 is 0 Å². The van der Waals surface area contributed by atoms with Crippen LogP contribution in [0, 0.1) is 0 Å². The van der Waals surface area contributed by atoms with Crippen LogP contribution in [-0.2, 0) is 14.3 Å². The van der Waals surface area contributed by atoms with Gasteiger partial charge in [0.05, 0.1) is 19.3 Å². The van der Waals surface area contributed by atoms with Gasteiger partial charge in [-0.1, -0.05) is 12.1 Å². The maximum atomic E-state index is 12.3. The molecule has 3 rings (SSSR count).